The van der Waals surface area contributed by atoms with Gasteiger partial charge in [0.15, 0.2) is 0 Å². The summed E-state index contributed by atoms with van der Waals surface area (Å²) < 4.78 is 0. The molecule has 3 heteroatoms. The van der Waals surface area contributed by atoms with Crippen LogP contribution in [0.2, 0.25) is 0 Å². The largest absolute Gasteiger partial charge is 0.310 e. The van der Waals surface area contributed by atoms with Gasteiger partial charge < -0.3 is 5.32 Å². The third kappa shape index (κ3) is 2.47. The van der Waals surface area contributed by atoms with Crippen molar-refractivity contribution in [2.45, 2.75) is 55.6 Å². The van der Waals surface area contributed by atoms with Gasteiger partial charge >= 0.3 is 0 Å². The molecule has 2 aliphatic carbocycles. The van der Waals surface area contributed by atoms with Gasteiger partial charge in [0.1, 0.15) is 0 Å². The number of benzene rings is 1. The van der Waals surface area contributed by atoms with Gasteiger partial charge in [-0.25, -0.2) is 0 Å². The maximum absolute atomic E-state index is 9.61. The van der Waals surface area contributed by atoms with Crippen molar-refractivity contribution in [3.8, 4) is 6.07 Å². The summed E-state index contributed by atoms with van der Waals surface area (Å²) in [6.45, 7) is 2.48. The molecule has 1 atom stereocenters. The van der Waals surface area contributed by atoms with Gasteiger partial charge in [-0.1, -0.05) is 30.3 Å². The van der Waals surface area contributed by atoms with Crippen LogP contribution in [0.15, 0.2) is 30.3 Å². The monoisotopic (exact) mass is 281 g/mol. The lowest BCUT2D eigenvalue weighted by molar-refractivity contribution is 0.206. The van der Waals surface area contributed by atoms with E-state index in [1.54, 1.807) is 0 Å². The molecule has 21 heavy (non-hydrogen) atoms. The van der Waals surface area contributed by atoms with E-state index >= 15 is 0 Å². The molecule has 0 radical (unpaired) electrons. The van der Waals surface area contributed by atoms with Crippen molar-refractivity contribution in [3.63, 3.8) is 0 Å². The van der Waals surface area contributed by atoms with Crippen LogP contribution in [0.25, 0.3) is 0 Å². The van der Waals surface area contributed by atoms with Gasteiger partial charge in [0.05, 0.1) is 11.5 Å². The molecule has 1 N–H and O–H groups in total. The predicted molar refractivity (Wildman–Crippen MR) is 82.9 cm³/mol. The normalized spacial score (nSPS) is 36.1. The first-order chi connectivity index (χ1) is 10.3. The molecule has 1 saturated heterocycles. The van der Waals surface area contributed by atoms with Crippen molar-refractivity contribution < 1.29 is 0 Å². The molecule has 3 nitrogen and oxygen atoms in total. The average Bonchev–Trinajstić information content (AvgIpc) is 3.23. The quantitative estimate of drug-likeness (QED) is 0.921. The van der Waals surface area contributed by atoms with Gasteiger partial charge in [-0.15, -0.1) is 0 Å². The van der Waals surface area contributed by atoms with Crippen LogP contribution in [0.4, 0.5) is 0 Å². The molecular weight excluding hydrogens is 258 g/mol. The number of hydrogen-bond donors (Lipinski definition) is 1. The molecule has 0 amide bonds. The summed E-state index contributed by atoms with van der Waals surface area (Å²) in [4.78, 5) is 2.64. The van der Waals surface area contributed by atoms with Crippen molar-refractivity contribution in [1.29, 1.82) is 5.26 Å². The summed E-state index contributed by atoms with van der Waals surface area (Å²) in [5.74, 6) is 0. The van der Waals surface area contributed by atoms with Gasteiger partial charge in [-0.05, 0) is 37.7 Å². The Labute approximate surface area is 126 Å². The lowest BCUT2D eigenvalue weighted by Gasteiger charge is -2.44. The molecular formula is C18H23N3. The van der Waals surface area contributed by atoms with E-state index in [0.717, 1.165) is 18.9 Å². The van der Waals surface area contributed by atoms with E-state index in [1.807, 2.05) is 18.2 Å². The van der Waals surface area contributed by atoms with Crippen LogP contribution >= 0.6 is 0 Å². The Hall–Kier alpha value is -1.37. The SMILES string of the molecule is N#CC1(c2ccccc2)CC(NC2CCN(C3CC3)C2)C1. The number of hydrogen-bond acceptors (Lipinski definition) is 3. The molecule has 1 aromatic carbocycles. The fraction of sp³-hybridized carbons (Fsp3) is 0.611. The molecule has 1 aliphatic heterocycles. The number of nitrogens with one attached hydrogen (secondary N) is 1. The van der Waals surface area contributed by atoms with Crippen LogP contribution in [0.5, 0.6) is 0 Å². The van der Waals surface area contributed by atoms with E-state index in [2.05, 4.69) is 28.4 Å². The fourth-order valence-electron chi connectivity index (χ4n) is 4.08. The zero-order chi connectivity index (χ0) is 14.3. The highest BCUT2D eigenvalue weighted by atomic mass is 15.2. The van der Waals surface area contributed by atoms with Crippen LogP contribution in [-0.2, 0) is 5.41 Å². The van der Waals surface area contributed by atoms with Crippen LogP contribution in [0, 0.1) is 11.3 Å². The summed E-state index contributed by atoms with van der Waals surface area (Å²) >= 11 is 0. The summed E-state index contributed by atoms with van der Waals surface area (Å²) in [7, 11) is 0. The molecule has 0 aromatic heterocycles. The number of nitriles is 1. The molecule has 0 spiro atoms. The fourth-order valence-corrected chi connectivity index (χ4v) is 4.08. The third-order valence-electron chi connectivity index (χ3n) is 5.48. The van der Waals surface area contributed by atoms with Crippen molar-refractivity contribution in [3.05, 3.63) is 35.9 Å². The van der Waals surface area contributed by atoms with Crippen LogP contribution < -0.4 is 5.32 Å². The molecule has 110 valence electrons. The first-order valence-electron chi connectivity index (χ1n) is 8.26. The Morgan fingerprint density at radius 3 is 2.52 bits per heavy atom. The summed E-state index contributed by atoms with van der Waals surface area (Å²) in [5, 5.41) is 13.4. The minimum atomic E-state index is -0.242. The van der Waals surface area contributed by atoms with Gasteiger partial charge in [0.25, 0.3) is 0 Å². The third-order valence-corrected chi connectivity index (χ3v) is 5.48. The number of nitrogens with zero attached hydrogens (tertiary/aromatic N) is 2. The lowest BCUT2D eigenvalue weighted by Crippen LogP contribution is -2.54. The zero-order valence-corrected chi connectivity index (χ0v) is 12.5. The first-order valence-corrected chi connectivity index (χ1v) is 8.26. The maximum Gasteiger partial charge on any atom is 0.0852 e. The van der Waals surface area contributed by atoms with Crippen LogP contribution in [0.1, 0.15) is 37.7 Å². The van der Waals surface area contributed by atoms with E-state index in [1.165, 1.54) is 37.9 Å². The van der Waals surface area contributed by atoms with E-state index < -0.39 is 0 Å². The predicted octanol–water partition coefficient (Wildman–Crippen LogP) is 2.44. The van der Waals surface area contributed by atoms with Crippen molar-refractivity contribution in [2.75, 3.05) is 13.1 Å². The van der Waals surface area contributed by atoms with Gasteiger partial charge in [0.2, 0.25) is 0 Å². The Kier molecular flexibility index (Phi) is 3.24. The highest BCUT2D eigenvalue weighted by Crippen LogP contribution is 2.43. The molecule has 1 heterocycles. The topological polar surface area (TPSA) is 39.1 Å². The first kappa shape index (κ1) is 13.3. The van der Waals surface area contributed by atoms with Crippen molar-refractivity contribution >= 4 is 0 Å². The van der Waals surface area contributed by atoms with Crippen LogP contribution in [-0.4, -0.2) is 36.1 Å². The molecule has 1 unspecified atom stereocenters. The minimum Gasteiger partial charge on any atom is -0.310 e. The van der Waals surface area contributed by atoms with Crippen molar-refractivity contribution in [1.82, 2.24) is 10.2 Å². The highest BCUT2D eigenvalue weighted by Gasteiger charge is 2.47. The molecule has 2 saturated carbocycles. The Morgan fingerprint density at radius 1 is 1.10 bits per heavy atom. The zero-order valence-electron chi connectivity index (χ0n) is 12.5. The second-order valence-corrected chi connectivity index (χ2v) is 7.04. The summed E-state index contributed by atoms with van der Waals surface area (Å²) in [6, 6.07) is 14.9. The number of likely N-dealkylation sites (tertiary alicyclic amines) is 1. The Balaban J connectivity index is 1.33. The van der Waals surface area contributed by atoms with Gasteiger partial charge in [0, 0.05) is 31.2 Å². The van der Waals surface area contributed by atoms with E-state index in [9.17, 15) is 5.26 Å². The molecule has 4 rings (SSSR count). The lowest BCUT2D eigenvalue weighted by atomic mass is 9.62. The molecule has 0 bridgehead atoms. The second kappa shape index (κ2) is 5.12. The Morgan fingerprint density at radius 2 is 1.86 bits per heavy atom. The van der Waals surface area contributed by atoms with Crippen molar-refractivity contribution in [2.24, 2.45) is 0 Å². The van der Waals surface area contributed by atoms with Gasteiger partial charge in [-0.2, -0.15) is 5.26 Å². The summed E-state index contributed by atoms with van der Waals surface area (Å²) in [6.07, 6.45) is 6.02. The maximum atomic E-state index is 9.61. The van der Waals surface area contributed by atoms with Crippen LogP contribution in [0.3, 0.4) is 0 Å². The Bertz CT molecular complexity index is 537. The minimum absolute atomic E-state index is 0.242. The van der Waals surface area contributed by atoms with E-state index in [4.69, 9.17) is 0 Å². The second-order valence-electron chi connectivity index (χ2n) is 7.04. The summed E-state index contributed by atoms with van der Waals surface area (Å²) in [5.41, 5.74) is 0.949. The van der Waals surface area contributed by atoms with E-state index in [-0.39, 0.29) is 5.41 Å². The average molecular weight is 281 g/mol. The smallest absolute Gasteiger partial charge is 0.0852 e. The highest BCUT2D eigenvalue weighted by molar-refractivity contribution is 5.36. The standard InChI is InChI=1S/C18H23N3/c19-13-18(14-4-2-1-3-5-14)10-16(11-18)20-15-8-9-21(12-15)17-6-7-17/h1-5,15-17,20H,6-12H2. The molecule has 3 fully saturated rings. The van der Waals surface area contributed by atoms with E-state index in [0.29, 0.717) is 12.1 Å². The molecule has 3 aliphatic rings. The van der Waals surface area contributed by atoms with Gasteiger partial charge in [-0.3, -0.25) is 4.90 Å². The molecule has 1 aromatic rings. The number of rotatable bonds is 4.